The summed E-state index contributed by atoms with van der Waals surface area (Å²) in [5.74, 6) is 0. The van der Waals surface area contributed by atoms with Crippen molar-refractivity contribution < 1.29 is 4.79 Å². The topological polar surface area (TPSA) is 34.9 Å². The van der Waals surface area contributed by atoms with Gasteiger partial charge in [-0.15, -0.1) is 0 Å². The summed E-state index contributed by atoms with van der Waals surface area (Å²) >= 11 is 3.34. The average Bonchev–Trinajstić information content (AvgIpc) is 2.64. The van der Waals surface area contributed by atoms with Crippen LogP contribution in [0.3, 0.4) is 0 Å². The molecule has 76 valence electrons. The van der Waals surface area contributed by atoms with Crippen LogP contribution in [-0.4, -0.2) is 16.1 Å². The standard InChI is InChI=1S/C11H9BrN2O/c1-8-4-9(7-15)2-3-11(8)14-6-10(12)5-13-14/h2-7H,1H3. The quantitative estimate of drug-likeness (QED) is 0.782. The first-order chi connectivity index (χ1) is 7.20. The average molecular weight is 265 g/mol. The monoisotopic (exact) mass is 264 g/mol. The third-order valence-electron chi connectivity index (χ3n) is 2.15. The number of aryl methyl sites for hydroxylation is 1. The van der Waals surface area contributed by atoms with Gasteiger partial charge in [-0.25, -0.2) is 4.68 Å². The van der Waals surface area contributed by atoms with E-state index in [2.05, 4.69) is 21.0 Å². The van der Waals surface area contributed by atoms with Crippen molar-refractivity contribution in [2.75, 3.05) is 0 Å². The number of rotatable bonds is 2. The smallest absolute Gasteiger partial charge is 0.150 e. The molecular weight excluding hydrogens is 256 g/mol. The molecule has 3 nitrogen and oxygen atoms in total. The number of aromatic nitrogens is 2. The van der Waals surface area contributed by atoms with E-state index in [4.69, 9.17) is 0 Å². The van der Waals surface area contributed by atoms with Crippen LogP contribution in [0.5, 0.6) is 0 Å². The first kappa shape index (κ1) is 10.1. The molecule has 2 rings (SSSR count). The van der Waals surface area contributed by atoms with Gasteiger partial charge in [0.1, 0.15) is 6.29 Å². The second-order valence-corrected chi connectivity index (χ2v) is 4.18. The summed E-state index contributed by atoms with van der Waals surface area (Å²) in [6.07, 6.45) is 4.45. The molecule has 0 bridgehead atoms. The summed E-state index contributed by atoms with van der Waals surface area (Å²) in [5, 5.41) is 4.18. The molecule has 2 aromatic rings. The van der Waals surface area contributed by atoms with Gasteiger partial charge in [0, 0.05) is 11.8 Å². The molecule has 1 heterocycles. The molecular formula is C11H9BrN2O. The Balaban J connectivity index is 2.49. The van der Waals surface area contributed by atoms with E-state index in [0.717, 1.165) is 22.0 Å². The Morgan fingerprint density at radius 2 is 2.27 bits per heavy atom. The van der Waals surface area contributed by atoms with Crippen molar-refractivity contribution in [2.24, 2.45) is 0 Å². The van der Waals surface area contributed by atoms with Crippen LogP contribution in [0.4, 0.5) is 0 Å². The minimum Gasteiger partial charge on any atom is -0.298 e. The van der Waals surface area contributed by atoms with Gasteiger partial charge in [0.15, 0.2) is 0 Å². The lowest BCUT2D eigenvalue weighted by Gasteiger charge is -2.05. The third kappa shape index (κ3) is 1.99. The minimum atomic E-state index is 0.683. The molecule has 0 radical (unpaired) electrons. The summed E-state index contributed by atoms with van der Waals surface area (Å²) in [6, 6.07) is 5.52. The summed E-state index contributed by atoms with van der Waals surface area (Å²) in [6.45, 7) is 1.96. The Labute approximate surface area is 95.9 Å². The molecule has 1 aromatic heterocycles. The zero-order valence-electron chi connectivity index (χ0n) is 8.14. The Hall–Kier alpha value is -1.42. The fourth-order valence-corrected chi connectivity index (χ4v) is 1.73. The number of benzene rings is 1. The van der Waals surface area contributed by atoms with Crippen LogP contribution < -0.4 is 0 Å². The Morgan fingerprint density at radius 3 is 2.80 bits per heavy atom. The van der Waals surface area contributed by atoms with Crippen LogP contribution in [0.15, 0.2) is 35.1 Å². The van der Waals surface area contributed by atoms with Gasteiger partial charge < -0.3 is 0 Å². The number of aldehydes is 1. The van der Waals surface area contributed by atoms with Crippen LogP contribution in [0.1, 0.15) is 15.9 Å². The van der Waals surface area contributed by atoms with E-state index >= 15 is 0 Å². The summed E-state index contributed by atoms with van der Waals surface area (Å²) in [5.41, 5.74) is 2.68. The van der Waals surface area contributed by atoms with Crippen molar-refractivity contribution in [2.45, 2.75) is 6.92 Å². The Kier molecular flexibility index (Phi) is 2.68. The molecule has 0 saturated carbocycles. The molecule has 0 unspecified atom stereocenters. The first-order valence-corrected chi connectivity index (χ1v) is 5.26. The van der Waals surface area contributed by atoms with E-state index in [1.165, 1.54) is 0 Å². The highest BCUT2D eigenvalue weighted by molar-refractivity contribution is 9.10. The van der Waals surface area contributed by atoms with Crippen LogP contribution in [0, 0.1) is 6.92 Å². The lowest BCUT2D eigenvalue weighted by molar-refractivity contribution is 0.112. The van der Waals surface area contributed by atoms with Crippen LogP contribution in [-0.2, 0) is 0 Å². The maximum Gasteiger partial charge on any atom is 0.150 e. The van der Waals surface area contributed by atoms with E-state index in [9.17, 15) is 4.79 Å². The van der Waals surface area contributed by atoms with Crippen LogP contribution >= 0.6 is 15.9 Å². The molecule has 0 spiro atoms. The van der Waals surface area contributed by atoms with E-state index in [1.807, 2.05) is 25.3 Å². The molecule has 0 amide bonds. The van der Waals surface area contributed by atoms with Gasteiger partial charge in [-0.1, -0.05) is 0 Å². The van der Waals surface area contributed by atoms with Crippen molar-refractivity contribution in [1.82, 2.24) is 9.78 Å². The molecule has 0 fully saturated rings. The number of hydrogen-bond donors (Lipinski definition) is 0. The largest absolute Gasteiger partial charge is 0.298 e. The molecule has 0 aliphatic carbocycles. The van der Waals surface area contributed by atoms with Gasteiger partial charge >= 0.3 is 0 Å². The number of halogens is 1. The SMILES string of the molecule is Cc1cc(C=O)ccc1-n1cc(Br)cn1. The van der Waals surface area contributed by atoms with Gasteiger partial charge in [0.05, 0.1) is 16.4 Å². The number of hydrogen-bond acceptors (Lipinski definition) is 2. The highest BCUT2D eigenvalue weighted by Gasteiger charge is 2.03. The van der Waals surface area contributed by atoms with E-state index in [-0.39, 0.29) is 0 Å². The highest BCUT2D eigenvalue weighted by Crippen LogP contribution is 2.16. The van der Waals surface area contributed by atoms with Crippen molar-refractivity contribution in [3.05, 3.63) is 46.2 Å². The molecule has 0 aliphatic heterocycles. The second-order valence-electron chi connectivity index (χ2n) is 3.27. The maximum atomic E-state index is 10.6. The van der Waals surface area contributed by atoms with Crippen molar-refractivity contribution >= 4 is 22.2 Å². The highest BCUT2D eigenvalue weighted by atomic mass is 79.9. The molecule has 0 atom stereocenters. The Morgan fingerprint density at radius 1 is 1.47 bits per heavy atom. The maximum absolute atomic E-state index is 10.6. The summed E-state index contributed by atoms with van der Waals surface area (Å²) in [7, 11) is 0. The lowest BCUT2D eigenvalue weighted by Crippen LogP contribution is -1.97. The van der Waals surface area contributed by atoms with Crippen LogP contribution in [0.25, 0.3) is 5.69 Å². The minimum absolute atomic E-state index is 0.683. The normalized spacial score (nSPS) is 10.3. The zero-order chi connectivity index (χ0) is 10.8. The molecule has 15 heavy (non-hydrogen) atoms. The second kappa shape index (κ2) is 3.98. The number of nitrogens with zero attached hydrogens (tertiary/aromatic N) is 2. The molecule has 0 N–H and O–H groups in total. The van der Waals surface area contributed by atoms with Crippen LogP contribution in [0.2, 0.25) is 0 Å². The first-order valence-electron chi connectivity index (χ1n) is 4.47. The van der Waals surface area contributed by atoms with Crippen molar-refractivity contribution in [3.63, 3.8) is 0 Å². The van der Waals surface area contributed by atoms with Gasteiger partial charge in [-0.05, 0) is 46.6 Å². The van der Waals surface area contributed by atoms with Gasteiger partial charge in [-0.3, -0.25) is 4.79 Å². The number of carbonyl (C=O) groups excluding carboxylic acids is 1. The van der Waals surface area contributed by atoms with Crippen molar-refractivity contribution in [1.29, 1.82) is 0 Å². The predicted molar refractivity (Wildman–Crippen MR) is 61.4 cm³/mol. The molecule has 4 heteroatoms. The fraction of sp³-hybridized carbons (Fsp3) is 0.0909. The summed E-state index contributed by atoms with van der Waals surface area (Å²) < 4.78 is 2.70. The molecule has 0 aliphatic rings. The van der Waals surface area contributed by atoms with E-state index in [0.29, 0.717) is 5.56 Å². The predicted octanol–water partition coefficient (Wildman–Crippen LogP) is 2.76. The Bertz CT molecular complexity index is 505. The number of carbonyl (C=O) groups is 1. The lowest BCUT2D eigenvalue weighted by atomic mass is 10.1. The molecule has 1 aromatic carbocycles. The zero-order valence-corrected chi connectivity index (χ0v) is 9.73. The van der Waals surface area contributed by atoms with Gasteiger partial charge in [0.25, 0.3) is 0 Å². The summed E-state index contributed by atoms with van der Waals surface area (Å²) in [4.78, 5) is 10.6. The molecule has 0 saturated heterocycles. The van der Waals surface area contributed by atoms with Crippen molar-refractivity contribution in [3.8, 4) is 5.69 Å². The van der Waals surface area contributed by atoms with Gasteiger partial charge in [-0.2, -0.15) is 5.10 Å². The fourth-order valence-electron chi connectivity index (χ4n) is 1.44. The van der Waals surface area contributed by atoms with E-state index in [1.54, 1.807) is 16.9 Å². The van der Waals surface area contributed by atoms with E-state index < -0.39 is 0 Å². The van der Waals surface area contributed by atoms with Gasteiger partial charge in [0.2, 0.25) is 0 Å². The third-order valence-corrected chi connectivity index (χ3v) is 2.56.